The first-order chi connectivity index (χ1) is 24.6. The van der Waals surface area contributed by atoms with Crippen molar-refractivity contribution in [2.45, 2.75) is 58.6 Å². The number of H-pyrrole nitrogens is 1. The zero-order chi connectivity index (χ0) is 36.0. The molecule has 51 heavy (non-hydrogen) atoms. The minimum absolute atomic E-state index is 0.0856. The molecule has 2 aliphatic rings. The van der Waals surface area contributed by atoms with Crippen molar-refractivity contribution in [1.29, 1.82) is 0 Å². The summed E-state index contributed by atoms with van der Waals surface area (Å²) in [6.07, 6.45) is 5.26. The minimum Gasteiger partial charge on any atom is -0.438 e. The smallest absolute Gasteiger partial charge is 0.408 e. The second-order valence-electron chi connectivity index (χ2n) is 13.8. The van der Waals surface area contributed by atoms with Gasteiger partial charge in [0.15, 0.2) is 6.10 Å². The molecule has 1 saturated carbocycles. The summed E-state index contributed by atoms with van der Waals surface area (Å²) in [6.45, 7) is 4.81. The number of aromatic amines is 1. The first kappa shape index (κ1) is 36.1. The van der Waals surface area contributed by atoms with Gasteiger partial charge in [0.2, 0.25) is 12.7 Å². The van der Waals surface area contributed by atoms with E-state index in [9.17, 15) is 18.9 Å². The van der Waals surface area contributed by atoms with Crippen LogP contribution in [0.5, 0.6) is 0 Å². The van der Waals surface area contributed by atoms with Gasteiger partial charge in [-0.1, -0.05) is 78.4 Å². The lowest BCUT2D eigenvalue weighted by molar-refractivity contribution is -0.159. The topological polar surface area (TPSA) is 145 Å². The Labute approximate surface area is 298 Å². The Kier molecular flexibility index (Phi) is 11.4. The van der Waals surface area contributed by atoms with Crippen molar-refractivity contribution in [3.8, 4) is 11.1 Å². The molecule has 0 spiro atoms. The van der Waals surface area contributed by atoms with Crippen LogP contribution in [0.4, 0.5) is 4.79 Å². The zero-order valence-corrected chi connectivity index (χ0v) is 30.0. The van der Waals surface area contributed by atoms with Crippen LogP contribution in [0.3, 0.4) is 0 Å². The molecule has 0 bridgehead atoms. The van der Waals surface area contributed by atoms with Crippen LogP contribution in [0.25, 0.3) is 22.0 Å². The predicted octanol–water partition coefficient (Wildman–Crippen LogP) is 7.39. The first-order valence-electron chi connectivity index (χ1n) is 17.2. The average molecular weight is 714 g/mol. The second-order valence-corrected chi connectivity index (χ2v) is 14.9. The molecule has 268 valence electrons. The van der Waals surface area contributed by atoms with Crippen molar-refractivity contribution in [1.82, 2.24) is 15.6 Å². The Balaban J connectivity index is 1.12. The van der Waals surface area contributed by atoms with Crippen molar-refractivity contribution >= 4 is 37.1 Å². The molecule has 3 N–H and O–H groups in total. The summed E-state index contributed by atoms with van der Waals surface area (Å²) in [5, 5.41) is 7.08. The van der Waals surface area contributed by atoms with E-state index >= 15 is 0 Å². The summed E-state index contributed by atoms with van der Waals surface area (Å²) in [5.41, 5.74) is 6.05. The van der Waals surface area contributed by atoms with E-state index in [1.165, 1.54) is 0 Å². The van der Waals surface area contributed by atoms with Gasteiger partial charge in [0.25, 0.3) is 0 Å². The molecule has 2 aliphatic carbocycles. The molecule has 0 saturated heterocycles. The molecule has 4 aromatic rings. The summed E-state index contributed by atoms with van der Waals surface area (Å²) in [5.74, 6) is -0.976. The molecule has 2 amide bonds. The van der Waals surface area contributed by atoms with E-state index in [0.717, 1.165) is 50.7 Å². The van der Waals surface area contributed by atoms with Crippen molar-refractivity contribution in [2.24, 2.45) is 11.3 Å². The van der Waals surface area contributed by atoms with E-state index < -0.39 is 44.7 Å². The molecule has 1 aromatic heterocycles. The lowest BCUT2D eigenvalue weighted by Gasteiger charge is -2.21. The van der Waals surface area contributed by atoms with Crippen molar-refractivity contribution < 1.29 is 37.5 Å². The van der Waals surface area contributed by atoms with Gasteiger partial charge in [-0.3, -0.25) is 18.7 Å². The molecule has 1 heterocycles. The van der Waals surface area contributed by atoms with Gasteiger partial charge in [0.1, 0.15) is 0 Å². The summed E-state index contributed by atoms with van der Waals surface area (Å²) in [6, 6.07) is 22.8. The number of fused-ring (bicyclic) bond motifs is 4. The molecule has 12 heteroatoms. The predicted molar refractivity (Wildman–Crippen MR) is 194 cm³/mol. The monoisotopic (exact) mass is 713 g/mol. The van der Waals surface area contributed by atoms with E-state index in [-0.39, 0.29) is 18.4 Å². The SMILES string of the molecule is CC(C)(C)C(=O)OCO[PH](=O)OC[C@@H](/C=C1/CCC[C@H]1C(=O)NCCc1c[nH]c2ccccc12)NC(=O)OC1c2ccccc2-c2ccccc21. The quantitative estimate of drug-likeness (QED) is 0.0563. The number of ether oxygens (including phenoxy) is 2. The Morgan fingerprint density at radius 2 is 1.65 bits per heavy atom. The zero-order valence-electron chi connectivity index (χ0n) is 29.0. The van der Waals surface area contributed by atoms with Crippen molar-refractivity contribution in [3.05, 3.63) is 107 Å². The molecule has 0 aliphatic heterocycles. The van der Waals surface area contributed by atoms with Crippen LogP contribution in [-0.4, -0.2) is 48.9 Å². The fourth-order valence-corrected chi connectivity index (χ4v) is 7.17. The van der Waals surface area contributed by atoms with Crippen LogP contribution in [0.1, 0.15) is 62.8 Å². The van der Waals surface area contributed by atoms with Crippen LogP contribution >= 0.6 is 8.25 Å². The Bertz CT molecular complexity index is 1900. The molecule has 3 aromatic carbocycles. The highest BCUT2D eigenvalue weighted by Gasteiger charge is 2.33. The minimum atomic E-state index is -3.10. The Morgan fingerprint density at radius 1 is 0.961 bits per heavy atom. The Hall–Kier alpha value is -4.70. The lowest BCUT2D eigenvalue weighted by Crippen LogP contribution is -2.38. The number of esters is 1. The number of carbonyl (C=O) groups is 3. The van der Waals surface area contributed by atoms with E-state index in [2.05, 4.69) is 21.7 Å². The molecular weight excluding hydrogens is 669 g/mol. The normalized spacial score (nSPS) is 17.5. The van der Waals surface area contributed by atoms with E-state index in [0.29, 0.717) is 25.8 Å². The van der Waals surface area contributed by atoms with Crippen LogP contribution in [-0.2, 0) is 39.1 Å². The molecule has 0 radical (unpaired) electrons. The van der Waals surface area contributed by atoms with E-state index in [1.807, 2.05) is 72.9 Å². The second kappa shape index (κ2) is 16.1. The fraction of sp³-hybridized carbons (Fsp3) is 0.359. The van der Waals surface area contributed by atoms with Gasteiger partial charge >= 0.3 is 20.3 Å². The average Bonchev–Trinajstić information content (AvgIpc) is 3.83. The summed E-state index contributed by atoms with van der Waals surface area (Å²) >= 11 is 0. The molecule has 6 rings (SSSR count). The molecule has 11 nitrogen and oxygen atoms in total. The molecule has 3 atom stereocenters. The third kappa shape index (κ3) is 8.79. The largest absolute Gasteiger partial charge is 0.438 e. The van der Waals surface area contributed by atoms with Crippen LogP contribution in [0, 0.1) is 11.3 Å². The number of para-hydroxylation sites is 1. The fourth-order valence-electron chi connectivity index (χ4n) is 6.62. The Morgan fingerprint density at radius 3 is 2.37 bits per heavy atom. The maximum atomic E-state index is 13.5. The maximum Gasteiger partial charge on any atom is 0.408 e. The number of benzene rings is 3. The third-order valence-electron chi connectivity index (χ3n) is 9.17. The number of alkyl carbamates (subject to hydrolysis) is 1. The number of amides is 2. The lowest BCUT2D eigenvalue weighted by atomic mass is 9.98. The summed E-state index contributed by atoms with van der Waals surface area (Å²) in [7, 11) is -3.10. The number of nitrogens with one attached hydrogen (secondary N) is 3. The van der Waals surface area contributed by atoms with Gasteiger partial charge in [-0.05, 0) is 69.2 Å². The first-order valence-corrected chi connectivity index (χ1v) is 18.5. The van der Waals surface area contributed by atoms with Gasteiger partial charge in [0, 0.05) is 34.8 Å². The van der Waals surface area contributed by atoms with Crippen molar-refractivity contribution in [3.63, 3.8) is 0 Å². The summed E-state index contributed by atoms with van der Waals surface area (Å²) in [4.78, 5) is 42.2. The van der Waals surface area contributed by atoms with Crippen LogP contribution in [0.15, 0.2) is 90.6 Å². The maximum absolute atomic E-state index is 13.5. The van der Waals surface area contributed by atoms with Gasteiger partial charge < -0.3 is 29.6 Å². The van der Waals surface area contributed by atoms with Crippen molar-refractivity contribution in [2.75, 3.05) is 19.9 Å². The van der Waals surface area contributed by atoms with E-state index in [4.69, 9.17) is 18.5 Å². The standard InChI is InChI=1S/C39H44N3O8P/c1-39(2,3)37(44)47-24-49-51(46)48-23-27(42-38(45)50-35-32-15-6-4-13-30(32)31-14-5-7-16-33(31)35)21-25-11-10-17-29(25)36(43)40-20-19-26-22-41-34-18-9-8-12-28(26)34/h4-9,12-16,18,21-22,27,29,35,41,51H,10-11,17,19-20,23-24H2,1-3H3,(H,40,43)(H,42,45)/b25-21-/t27-,29-/m1/s1. The van der Waals surface area contributed by atoms with Gasteiger partial charge in [-0.2, -0.15) is 0 Å². The number of hydrogen-bond donors (Lipinski definition) is 3. The van der Waals surface area contributed by atoms with Crippen LogP contribution in [0.2, 0.25) is 0 Å². The number of carbonyl (C=O) groups excluding carboxylic acids is 3. The van der Waals surface area contributed by atoms with Gasteiger partial charge in [-0.25, -0.2) is 4.79 Å². The molecule has 1 fully saturated rings. The number of rotatable bonds is 13. The van der Waals surface area contributed by atoms with Crippen LogP contribution < -0.4 is 10.6 Å². The number of hydrogen-bond acceptors (Lipinski definition) is 8. The van der Waals surface area contributed by atoms with Gasteiger partial charge in [0.05, 0.1) is 24.0 Å². The highest BCUT2D eigenvalue weighted by atomic mass is 31.1. The highest BCUT2D eigenvalue weighted by molar-refractivity contribution is 7.33. The summed E-state index contributed by atoms with van der Waals surface area (Å²) < 4.78 is 34.3. The van der Waals surface area contributed by atoms with E-state index in [1.54, 1.807) is 26.8 Å². The number of aromatic nitrogens is 1. The molecule has 1 unspecified atom stereocenters. The highest BCUT2D eigenvalue weighted by Crippen LogP contribution is 2.45. The third-order valence-corrected chi connectivity index (χ3v) is 9.93. The van der Waals surface area contributed by atoms with Gasteiger partial charge in [-0.15, -0.1) is 0 Å². The molecular formula is C39H44N3O8P.